The third kappa shape index (κ3) is 3.41. The highest BCUT2D eigenvalue weighted by Crippen LogP contribution is 2.45. The van der Waals surface area contributed by atoms with E-state index in [-0.39, 0.29) is 25.1 Å². The highest BCUT2D eigenvalue weighted by molar-refractivity contribution is 7.88. The Bertz CT molecular complexity index is 1130. The topological polar surface area (TPSA) is 84.4 Å². The van der Waals surface area contributed by atoms with E-state index in [1.165, 1.54) is 0 Å². The lowest BCUT2D eigenvalue weighted by Gasteiger charge is -2.31. The predicted molar refractivity (Wildman–Crippen MR) is 107 cm³/mol. The summed E-state index contributed by atoms with van der Waals surface area (Å²) in [4.78, 5) is 10.8. The van der Waals surface area contributed by atoms with Crippen LogP contribution in [0.4, 0.5) is 14.7 Å². The average Bonchev–Trinajstić information content (AvgIpc) is 3.21. The highest BCUT2D eigenvalue weighted by atomic mass is 32.2. The molecule has 3 aliphatic rings. The Kier molecular flexibility index (Phi) is 4.48. The number of benzene rings is 1. The number of ether oxygens (including phenoxy) is 1. The number of hydrogen-bond acceptors (Lipinski definition) is 6. The highest BCUT2D eigenvalue weighted by Gasteiger charge is 2.43. The Morgan fingerprint density at radius 3 is 2.73 bits per heavy atom. The molecule has 3 heterocycles. The van der Waals surface area contributed by atoms with Gasteiger partial charge in [0.1, 0.15) is 11.4 Å². The van der Waals surface area contributed by atoms with Gasteiger partial charge in [0, 0.05) is 49.2 Å². The van der Waals surface area contributed by atoms with Crippen LogP contribution in [0.2, 0.25) is 0 Å². The number of anilines is 1. The summed E-state index contributed by atoms with van der Waals surface area (Å²) in [7, 11) is -3.39. The molecule has 0 spiro atoms. The molecule has 0 bridgehead atoms. The minimum absolute atomic E-state index is 0.0669. The van der Waals surface area contributed by atoms with Gasteiger partial charge in [0.15, 0.2) is 0 Å². The van der Waals surface area contributed by atoms with Crippen LogP contribution in [-0.4, -0.2) is 44.3 Å². The SMILES string of the molecule is CS(=O)(=O)NCc1cc(-c2nc(N3CCC3)nc3c2CCC3(F)F)cc2c1OCC2. The molecular weight excluding hydrogens is 414 g/mol. The van der Waals surface area contributed by atoms with Gasteiger partial charge in [-0.25, -0.2) is 23.1 Å². The monoisotopic (exact) mass is 436 g/mol. The Labute approximate surface area is 173 Å². The first-order valence-corrected chi connectivity index (χ1v) is 11.9. The Balaban J connectivity index is 1.64. The minimum atomic E-state index is -3.39. The second-order valence-corrected chi connectivity index (χ2v) is 9.89. The molecule has 0 saturated carbocycles. The van der Waals surface area contributed by atoms with E-state index in [0.717, 1.165) is 31.3 Å². The summed E-state index contributed by atoms with van der Waals surface area (Å²) in [5, 5.41) is 0. The number of nitrogens with one attached hydrogen (secondary N) is 1. The van der Waals surface area contributed by atoms with Gasteiger partial charge in [-0.3, -0.25) is 0 Å². The predicted octanol–water partition coefficient (Wildman–Crippen LogP) is 2.38. The van der Waals surface area contributed by atoms with Crippen molar-refractivity contribution in [3.05, 3.63) is 34.5 Å². The van der Waals surface area contributed by atoms with Crippen LogP contribution in [0.5, 0.6) is 5.75 Å². The lowest BCUT2D eigenvalue weighted by molar-refractivity contribution is -0.00593. The summed E-state index contributed by atoms with van der Waals surface area (Å²) < 4.78 is 60.4. The second kappa shape index (κ2) is 6.84. The molecule has 2 aliphatic heterocycles. The van der Waals surface area contributed by atoms with E-state index < -0.39 is 15.9 Å². The summed E-state index contributed by atoms with van der Waals surface area (Å²) in [6.45, 7) is 2.08. The van der Waals surface area contributed by atoms with Crippen LogP contribution < -0.4 is 14.4 Å². The van der Waals surface area contributed by atoms with Crippen molar-refractivity contribution >= 4 is 16.0 Å². The smallest absolute Gasteiger partial charge is 0.290 e. The quantitative estimate of drug-likeness (QED) is 0.775. The van der Waals surface area contributed by atoms with E-state index in [1.54, 1.807) is 6.07 Å². The van der Waals surface area contributed by atoms with Gasteiger partial charge in [-0.1, -0.05) is 0 Å². The van der Waals surface area contributed by atoms with Crippen LogP contribution in [0.25, 0.3) is 11.3 Å². The lowest BCUT2D eigenvalue weighted by Crippen LogP contribution is -2.38. The molecule has 30 heavy (non-hydrogen) atoms. The molecular formula is C20H22F2N4O3S. The van der Waals surface area contributed by atoms with E-state index in [4.69, 9.17) is 4.74 Å². The first-order valence-electron chi connectivity index (χ1n) is 9.99. The largest absolute Gasteiger partial charge is 0.493 e. The molecule has 7 nitrogen and oxygen atoms in total. The maximum atomic E-state index is 14.5. The van der Waals surface area contributed by atoms with E-state index in [0.29, 0.717) is 47.1 Å². The third-order valence-corrected chi connectivity index (χ3v) is 6.50. The van der Waals surface area contributed by atoms with Gasteiger partial charge in [-0.2, -0.15) is 8.78 Å². The van der Waals surface area contributed by atoms with Crippen LogP contribution in [-0.2, 0) is 35.3 Å². The maximum absolute atomic E-state index is 14.5. The van der Waals surface area contributed by atoms with Crippen molar-refractivity contribution < 1.29 is 21.9 Å². The Hall–Kier alpha value is -2.33. The second-order valence-electron chi connectivity index (χ2n) is 8.06. The molecule has 0 radical (unpaired) electrons. The van der Waals surface area contributed by atoms with Crippen molar-refractivity contribution in [2.75, 3.05) is 30.9 Å². The molecule has 5 rings (SSSR count). The number of aromatic nitrogens is 2. The van der Waals surface area contributed by atoms with Gasteiger partial charge in [-0.05, 0) is 30.5 Å². The van der Waals surface area contributed by atoms with Crippen LogP contribution in [0.1, 0.15) is 35.2 Å². The zero-order valence-corrected chi connectivity index (χ0v) is 17.4. The molecule has 0 unspecified atom stereocenters. The van der Waals surface area contributed by atoms with Crippen LogP contribution in [0, 0.1) is 0 Å². The fourth-order valence-corrected chi connectivity index (χ4v) is 4.59. The zero-order valence-electron chi connectivity index (χ0n) is 16.5. The number of fused-ring (bicyclic) bond motifs is 2. The molecule has 1 saturated heterocycles. The summed E-state index contributed by atoms with van der Waals surface area (Å²) in [5.41, 5.74) is 3.11. The van der Waals surface area contributed by atoms with Gasteiger partial charge in [0.05, 0.1) is 18.6 Å². The summed E-state index contributed by atoms with van der Waals surface area (Å²) in [6, 6.07) is 3.71. The fraction of sp³-hybridized carbons (Fsp3) is 0.500. The van der Waals surface area contributed by atoms with Crippen molar-refractivity contribution in [2.24, 2.45) is 0 Å². The molecule has 0 amide bonds. The number of hydrogen-bond donors (Lipinski definition) is 1. The minimum Gasteiger partial charge on any atom is -0.493 e. The van der Waals surface area contributed by atoms with E-state index >= 15 is 0 Å². The third-order valence-electron chi connectivity index (χ3n) is 5.83. The molecule has 1 aliphatic carbocycles. The first-order chi connectivity index (χ1) is 14.2. The van der Waals surface area contributed by atoms with Gasteiger partial charge in [-0.15, -0.1) is 0 Å². The normalized spacial score (nSPS) is 19.2. The molecule has 1 aromatic heterocycles. The maximum Gasteiger partial charge on any atom is 0.290 e. The number of nitrogens with zero attached hydrogens (tertiary/aromatic N) is 3. The number of halogens is 2. The van der Waals surface area contributed by atoms with E-state index in [2.05, 4.69) is 14.7 Å². The van der Waals surface area contributed by atoms with Crippen molar-refractivity contribution in [1.82, 2.24) is 14.7 Å². The van der Waals surface area contributed by atoms with Crippen LogP contribution >= 0.6 is 0 Å². The zero-order chi connectivity index (χ0) is 21.1. The van der Waals surface area contributed by atoms with E-state index in [1.807, 2.05) is 11.0 Å². The van der Waals surface area contributed by atoms with Crippen molar-refractivity contribution in [3.8, 4) is 17.0 Å². The molecule has 1 fully saturated rings. The van der Waals surface area contributed by atoms with Crippen LogP contribution in [0.15, 0.2) is 12.1 Å². The standard InChI is InChI=1S/C20H22F2N4O3S/c1-30(27,28)23-11-14-10-13(9-12-4-8-29-17(12)14)16-15-3-5-20(21,22)18(15)25-19(24-16)26-6-2-7-26/h9-10,23H,2-8,11H2,1H3. The van der Waals surface area contributed by atoms with Crippen molar-refractivity contribution in [1.29, 1.82) is 0 Å². The van der Waals surface area contributed by atoms with Crippen LogP contribution in [0.3, 0.4) is 0 Å². The average molecular weight is 436 g/mol. The first kappa shape index (κ1) is 19.6. The number of rotatable bonds is 5. The van der Waals surface area contributed by atoms with Crippen molar-refractivity contribution in [2.45, 2.75) is 38.2 Å². The molecule has 2 aromatic rings. The van der Waals surface area contributed by atoms with Gasteiger partial charge in [0.2, 0.25) is 16.0 Å². The summed E-state index contributed by atoms with van der Waals surface area (Å²) in [5.74, 6) is -1.97. The van der Waals surface area contributed by atoms with E-state index in [9.17, 15) is 17.2 Å². The molecule has 10 heteroatoms. The van der Waals surface area contributed by atoms with Gasteiger partial charge >= 0.3 is 0 Å². The van der Waals surface area contributed by atoms with Crippen molar-refractivity contribution in [3.63, 3.8) is 0 Å². The number of sulfonamides is 1. The number of alkyl halides is 2. The Morgan fingerprint density at radius 1 is 1.23 bits per heavy atom. The Morgan fingerprint density at radius 2 is 2.03 bits per heavy atom. The van der Waals surface area contributed by atoms with Gasteiger partial charge < -0.3 is 9.64 Å². The molecule has 160 valence electrons. The molecule has 0 atom stereocenters. The van der Waals surface area contributed by atoms with Gasteiger partial charge in [0.25, 0.3) is 5.92 Å². The molecule has 1 N–H and O–H groups in total. The summed E-state index contributed by atoms with van der Waals surface area (Å²) in [6.07, 6.45) is 2.70. The molecule has 1 aromatic carbocycles. The lowest BCUT2D eigenvalue weighted by atomic mass is 9.98. The fourth-order valence-electron chi connectivity index (χ4n) is 4.17. The summed E-state index contributed by atoms with van der Waals surface area (Å²) >= 11 is 0.